The highest BCUT2D eigenvalue weighted by Crippen LogP contribution is 2.32. The molecule has 146 valence electrons. The molecule has 1 saturated heterocycles. The summed E-state index contributed by atoms with van der Waals surface area (Å²) in [5, 5.41) is 4.34. The van der Waals surface area contributed by atoms with E-state index >= 15 is 0 Å². The third kappa shape index (κ3) is 4.36. The van der Waals surface area contributed by atoms with Gasteiger partial charge in [0.25, 0.3) is 11.8 Å². The van der Waals surface area contributed by atoms with Crippen molar-refractivity contribution in [2.75, 3.05) is 52.3 Å². The van der Waals surface area contributed by atoms with E-state index in [0.29, 0.717) is 11.4 Å². The second-order valence-electron chi connectivity index (χ2n) is 6.37. The third-order valence-corrected chi connectivity index (χ3v) is 5.56. The van der Waals surface area contributed by atoms with Gasteiger partial charge in [0.2, 0.25) is 0 Å². The number of ether oxygens (including phenoxy) is 1. The smallest absolute Gasteiger partial charge is 0.258 e. The van der Waals surface area contributed by atoms with Gasteiger partial charge in [0.15, 0.2) is 5.82 Å². The summed E-state index contributed by atoms with van der Waals surface area (Å²) in [7, 11) is 5.37. The Bertz CT molecular complexity index is 801. The van der Waals surface area contributed by atoms with Gasteiger partial charge in [-0.2, -0.15) is 0 Å². The number of methoxy groups -OCH3 is 1. The molecule has 0 aliphatic carbocycles. The van der Waals surface area contributed by atoms with Crippen LogP contribution < -0.4 is 15.0 Å². The predicted molar refractivity (Wildman–Crippen MR) is 106 cm³/mol. The van der Waals surface area contributed by atoms with Gasteiger partial charge in [-0.1, -0.05) is 11.8 Å². The number of nitrogens with zero attached hydrogens (tertiary/aromatic N) is 5. The second kappa shape index (κ2) is 8.62. The summed E-state index contributed by atoms with van der Waals surface area (Å²) in [4.78, 5) is 25.7. The van der Waals surface area contributed by atoms with E-state index in [9.17, 15) is 4.79 Å². The molecule has 0 radical (unpaired) electrons. The van der Waals surface area contributed by atoms with E-state index < -0.39 is 0 Å². The second-order valence-corrected chi connectivity index (χ2v) is 7.41. The van der Waals surface area contributed by atoms with Crippen LogP contribution in [0.4, 0.5) is 5.82 Å². The van der Waals surface area contributed by atoms with Crippen LogP contribution in [-0.2, 0) is 6.54 Å². The van der Waals surface area contributed by atoms with Gasteiger partial charge in [0, 0.05) is 46.0 Å². The molecule has 2 aromatic heterocycles. The topological polar surface area (TPSA) is 75.5 Å². The third-order valence-electron chi connectivity index (χ3n) is 4.59. The van der Waals surface area contributed by atoms with Crippen LogP contribution in [0.25, 0.3) is 0 Å². The van der Waals surface area contributed by atoms with Crippen molar-refractivity contribution in [3.63, 3.8) is 0 Å². The average Bonchev–Trinajstić information content (AvgIpc) is 3.10. The molecule has 1 aliphatic heterocycles. The molecular formula is C18H26N6O2S. The van der Waals surface area contributed by atoms with Gasteiger partial charge in [-0.05, 0) is 20.0 Å². The Kier molecular flexibility index (Phi) is 6.22. The molecule has 0 bridgehead atoms. The Balaban J connectivity index is 1.82. The van der Waals surface area contributed by atoms with Gasteiger partial charge in [-0.25, -0.2) is 9.97 Å². The summed E-state index contributed by atoms with van der Waals surface area (Å²) in [6.45, 7) is 6.61. The van der Waals surface area contributed by atoms with Crippen molar-refractivity contribution in [1.82, 2.24) is 24.8 Å². The molecule has 27 heavy (non-hydrogen) atoms. The fraction of sp³-hybridized carbons (Fsp3) is 0.500. The van der Waals surface area contributed by atoms with Crippen molar-refractivity contribution in [3.05, 3.63) is 24.0 Å². The van der Waals surface area contributed by atoms with E-state index in [-0.39, 0.29) is 5.91 Å². The number of piperazine rings is 1. The molecule has 0 spiro atoms. The highest BCUT2D eigenvalue weighted by molar-refractivity contribution is 7.99. The Morgan fingerprint density at radius 1 is 1.33 bits per heavy atom. The first kappa shape index (κ1) is 19.5. The summed E-state index contributed by atoms with van der Waals surface area (Å²) in [6.07, 6.45) is 3.62. The zero-order chi connectivity index (χ0) is 19.4. The number of anilines is 1. The van der Waals surface area contributed by atoms with Crippen molar-refractivity contribution >= 4 is 23.5 Å². The Morgan fingerprint density at radius 2 is 2.07 bits per heavy atom. The lowest BCUT2D eigenvalue weighted by atomic mass is 10.3. The monoisotopic (exact) mass is 390 g/mol. The fourth-order valence-corrected chi connectivity index (χ4v) is 3.90. The highest BCUT2D eigenvalue weighted by atomic mass is 32.2. The molecule has 0 aromatic carbocycles. The number of aryl methyl sites for hydroxylation is 1. The van der Waals surface area contributed by atoms with Crippen molar-refractivity contribution in [2.45, 2.75) is 23.5 Å². The maximum Gasteiger partial charge on any atom is 0.258 e. The van der Waals surface area contributed by atoms with Crippen LogP contribution in [0.15, 0.2) is 28.5 Å². The molecule has 0 unspecified atom stereocenters. The van der Waals surface area contributed by atoms with Crippen LogP contribution >= 0.6 is 11.8 Å². The number of carbonyl (C=O) groups is 1. The number of nitrogens with one attached hydrogen (secondary N) is 1. The lowest BCUT2D eigenvalue weighted by molar-refractivity contribution is 0.0963. The normalized spacial score (nSPS) is 15.0. The van der Waals surface area contributed by atoms with E-state index in [1.54, 1.807) is 20.4 Å². The van der Waals surface area contributed by atoms with E-state index in [0.717, 1.165) is 48.6 Å². The molecule has 0 saturated carbocycles. The first-order valence-corrected chi connectivity index (χ1v) is 9.82. The van der Waals surface area contributed by atoms with Gasteiger partial charge < -0.3 is 24.4 Å². The summed E-state index contributed by atoms with van der Waals surface area (Å²) in [6, 6.07) is 1.87. The van der Waals surface area contributed by atoms with E-state index in [2.05, 4.69) is 32.1 Å². The summed E-state index contributed by atoms with van der Waals surface area (Å²) in [5.74, 6) is 1.22. The number of carbonyl (C=O) groups excluding carboxylic acids is 1. The van der Waals surface area contributed by atoms with Gasteiger partial charge in [0.1, 0.15) is 5.03 Å². The summed E-state index contributed by atoms with van der Waals surface area (Å²) < 4.78 is 7.53. The molecule has 0 atom stereocenters. The van der Waals surface area contributed by atoms with Crippen LogP contribution in [-0.4, -0.2) is 72.7 Å². The average molecular weight is 391 g/mol. The van der Waals surface area contributed by atoms with Crippen molar-refractivity contribution in [3.8, 4) is 5.88 Å². The first-order valence-electron chi connectivity index (χ1n) is 9.00. The first-order chi connectivity index (χ1) is 13.0. The number of rotatable bonds is 6. The minimum Gasteiger partial charge on any atom is -0.478 e. The molecular weight excluding hydrogens is 364 g/mol. The molecule has 9 heteroatoms. The molecule has 1 aliphatic rings. The molecule has 3 heterocycles. The van der Waals surface area contributed by atoms with Gasteiger partial charge in [0.05, 0.1) is 23.9 Å². The maximum atomic E-state index is 11.9. The quantitative estimate of drug-likeness (QED) is 0.802. The van der Waals surface area contributed by atoms with Crippen LogP contribution in [0.2, 0.25) is 0 Å². The summed E-state index contributed by atoms with van der Waals surface area (Å²) >= 11 is 1.48. The van der Waals surface area contributed by atoms with Crippen molar-refractivity contribution in [2.24, 2.45) is 0 Å². The van der Waals surface area contributed by atoms with Crippen LogP contribution in [0.3, 0.4) is 0 Å². The van der Waals surface area contributed by atoms with E-state index in [1.807, 2.05) is 23.8 Å². The molecule has 3 rings (SSSR count). The highest BCUT2D eigenvalue weighted by Gasteiger charge is 2.21. The molecule has 1 fully saturated rings. The van der Waals surface area contributed by atoms with Gasteiger partial charge >= 0.3 is 0 Å². The number of likely N-dealkylation sites (N-methyl/N-ethyl adjacent to an activating group) is 1. The van der Waals surface area contributed by atoms with Crippen molar-refractivity contribution in [1.29, 1.82) is 0 Å². The molecule has 1 N–H and O–H groups in total. The SMILES string of the molecule is CCn1cc(C(=O)NC)cc1Sc1cnc(N2CCN(C)CC2)c(OC)n1. The lowest BCUT2D eigenvalue weighted by Crippen LogP contribution is -2.45. The fourth-order valence-electron chi connectivity index (χ4n) is 2.97. The zero-order valence-corrected chi connectivity index (χ0v) is 17.0. The Morgan fingerprint density at radius 3 is 2.70 bits per heavy atom. The van der Waals surface area contributed by atoms with Gasteiger partial charge in [-0.15, -0.1) is 0 Å². The minimum absolute atomic E-state index is 0.0990. The zero-order valence-electron chi connectivity index (χ0n) is 16.2. The Labute approximate surface area is 163 Å². The number of aromatic nitrogens is 3. The maximum absolute atomic E-state index is 11.9. The number of hydrogen-bond donors (Lipinski definition) is 1. The molecule has 8 nitrogen and oxygen atoms in total. The molecule has 1 amide bonds. The van der Waals surface area contributed by atoms with Crippen molar-refractivity contribution < 1.29 is 9.53 Å². The minimum atomic E-state index is -0.0990. The van der Waals surface area contributed by atoms with Crippen LogP contribution in [0.5, 0.6) is 5.88 Å². The number of hydrogen-bond acceptors (Lipinski definition) is 7. The van der Waals surface area contributed by atoms with E-state index in [1.165, 1.54) is 11.8 Å². The van der Waals surface area contributed by atoms with E-state index in [4.69, 9.17) is 4.74 Å². The van der Waals surface area contributed by atoms with Crippen LogP contribution in [0, 0.1) is 0 Å². The van der Waals surface area contributed by atoms with Gasteiger partial charge in [-0.3, -0.25) is 4.79 Å². The van der Waals surface area contributed by atoms with Crippen LogP contribution in [0.1, 0.15) is 17.3 Å². The standard InChI is InChI=1S/C18H26N6O2S/c1-5-23-12-13(17(25)19-2)10-15(23)27-14-11-20-16(18(21-14)26-4)24-8-6-22(3)7-9-24/h10-12H,5-9H2,1-4H3,(H,19,25). The molecule has 2 aromatic rings. The lowest BCUT2D eigenvalue weighted by Gasteiger charge is -2.33. The Hall–Kier alpha value is -2.26. The summed E-state index contributed by atoms with van der Waals surface area (Å²) in [5.41, 5.74) is 0.635. The predicted octanol–water partition coefficient (Wildman–Crippen LogP) is 1.57. The largest absolute Gasteiger partial charge is 0.478 e. The number of amides is 1.